The van der Waals surface area contributed by atoms with E-state index in [1.54, 1.807) is 6.92 Å². The van der Waals surface area contributed by atoms with E-state index in [2.05, 4.69) is 0 Å². The van der Waals surface area contributed by atoms with E-state index in [9.17, 15) is 24.1 Å². The number of amides is 1. The van der Waals surface area contributed by atoms with Crippen molar-refractivity contribution >= 4 is 17.6 Å². The minimum Gasteiger partial charge on any atom is -0.481 e. The maximum absolute atomic E-state index is 13.1. The average molecular weight is 296 g/mol. The van der Waals surface area contributed by atoms with Crippen molar-refractivity contribution in [2.24, 2.45) is 5.92 Å². The standard InChI is InChI=1S/C13H13FN2O5/c1-7-9(13(18)19)4-5-15(7)12(17)10-3-2-8(14)6-11(10)16(20)21/h2-3,6-7,9H,4-5H2,1H3,(H,18,19). The Kier molecular flexibility index (Phi) is 3.88. The molecule has 0 bridgehead atoms. The highest BCUT2D eigenvalue weighted by atomic mass is 19.1. The van der Waals surface area contributed by atoms with E-state index in [0.717, 1.165) is 12.1 Å². The predicted molar refractivity (Wildman–Crippen MR) is 69.3 cm³/mol. The summed E-state index contributed by atoms with van der Waals surface area (Å²) in [5.41, 5.74) is -0.856. The fourth-order valence-electron chi connectivity index (χ4n) is 2.55. The van der Waals surface area contributed by atoms with Crippen molar-refractivity contribution < 1.29 is 24.0 Å². The topological polar surface area (TPSA) is 101 Å². The van der Waals surface area contributed by atoms with Crippen molar-refractivity contribution in [2.75, 3.05) is 6.54 Å². The molecule has 0 radical (unpaired) electrons. The zero-order valence-corrected chi connectivity index (χ0v) is 11.2. The van der Waals surface area contributed by atoms with Crippen molar-refractivity contribution in [3.05, 3.63) is 39.7 Å². The first-order chi connectivity index (χ1) is 9.82. The van der Waals surface area contributed by atoms with Gasteiger partial charge in [-0.25, -0.2) is 4.39 Å². The molecule has 1 fully saturated rings. The van der Waals surface area contributed by atoms with Gasteiger partial charge in [0.05, 0.1) is 16.9 Å². The molecule has 1 heterocycles. The number of nitrogens with zero attached hydrogens (tertiary/aromatic N) is 2. The minimum atomic E-state index is -1.01. The third-order valence-corrected chi connectivity index (χ3v) is 3.72. The summed E-state index contributed by atoms with van der Waals surface area (Å²) < 4.78 is 13.1. The van der Waals surface area contributed by atoms with Crippen LogP contribution in [0, 0.1) is 21.8 Å². The number of nitro groups is 1. The number of hydrogen-bond acceptors (Lipinski definition) is 4. The van der Waals surface area contributed by atoms with Gasteiger partial charge in [0.15, 0.2) is 0 Å². The van der Waals surface area contributed by atoms with Crippen LogP contribution in [0.3, 0.4) is 0 Å². The van der Waals surface area contributed by atoms with Crippen molar-refractivity contribution in [3.8, 4) is 0 Å². The second-order valence-corrected chi connectivity index (χ2v) is 4.89. The van der Waals surface area contributed by atoms with Gasteiger partial charge in [0.1, 0.15) is 11.4 Å². The van der Waals surface area contributed by atoms with Crippen LogP contribution in [0.15, 0.2) is 18.2 Å². The first-order valence-electron chi connectivity index (χ1n) is 6.30. The van der Waals surface area contributed by atoms with E-state index in [-0.39, 0.29) is 18.5 Å². The molecule has 1 aliphatic heterocycles. The molecule has 8 heteroatoms. The first-order valence-corrected chi connectivity index (χ1v) is 6.30. The molecule has 1 aliphatic rings. The lowest BCUT2D eigenvalue weighted by Gasteiger charge is -2.23. The lowest BCUT2D eigenvalue weighted by Crippen LogP contribution is -2.37. The van der Waals surface area contributed by atoms with Crippen LogP contribution in [0.25, 0.3) is 0 Å². The molecule has 1 saturated heterocycles. The third-order valence-electron chi connectivity index (χ3n) is 3.72. The van der Waals surface area contributed by atoms with Crippen molar-refractivity contribution in [1.29, 1.82) is 0 Å². The number of carbonyl (C=O) groups is 2. The number of rotatable bonds is 3. The SMILES string of the molecule is CC1C(C(=O)O)CCN1C(=O)c1ccc(F)cc1[N+](=O)[O-]. The number of aliphatic carboxylic acids is 1. The molecule has 0 spiro atoms. The lowest BCUT2D eigenvalue weighted by molar-refractivity contribution is -0.385. The molecule has 2 atom stereocenters. The molecule has 1 aromatic rings. The number of likely N-dealkylation sites (tertiary alicyclic amines) is 1. The van der Waals surface area contributed by atoms with E-state index >= 15 is 0 Å². The largest absolute Gasteiger partial charge is 0.481 e. The van der Waals surface area contributed by atoms with Gasteiger partial charge in [0.25, 0.3) is 11.6 Å². The van der Waals surface area contributed by atoms with Crippen molar-refractivity contribution in [1.82, 2.24) is 4.90 Å². The maximum Gasteiger partial charge on any atom is 0.308 e. The van der Waals surface area contributed by atoms with Gasteiger partial charge in [0, 0.05) is 12.6 Å². The maximum atomic E-state index is 13.1. The zero-order chi connectivity index (χ0) is 15.7. The molecule has 1 N–H and O–H groups in total. The van der Waals surface area contributed by atoms with Gasteiger partial charge in [-0.2, -0.15) is 0 Å². The van der Waals surface area contributed by atoms with Crippen LogP contribution >= 0.6 is 0 Å². The molecule has 0 aliphatic carbocycles. The number of carboxylic acid groups (broad SMARTS) is 1. The molecule has 21 heavy (non-hydrogen) atoms. The van der Waals surface area contributed by atoms with Crippen LogP contribution in [-0.4, -0.2) is 39.4 Å². The summed E-state index contributed by atoms with van der Waals surface area (Å²) in [6, 6.07) is 2.13. The molecule has 1 amide bonds. The van der Waals surface area contributed by atoms with E-state index in [1.807, 2.05) is 0 Å². The molecule has 112 valence electrons. The molecule has 2 unspecified atom stereocenters. The Morgan fingerprint density at radius 3 is 2.67 bits per heavy atom. The Bertz CT molecular complexity index is 619. The fraction of sp³-hybridized carbons (Fsp3) is 0.385. The molecule has 0 saturated carbocycles. The second kappa shape index (κ2) is 5.47. The highest BCUT2D eigenvalue weighted by Crippen LogP contribution is 2.29. The quantitative estimate of drug-likeness (QED) is 0.675. The third kappa shape index (κ3) is 2.69. The minimum absolute atomic E-state index is 0.200. The summed E-state index contributed by atoms with van der Waals surface area (Å²) >= 11 is 0. The lowest BCUT2D eigenvalue weighted by atomic mass is 10.0. The van der Waals surface area contributed by atoms with Gasteiger partial charge in [-0.15, -0.1) is 0 Å². The summed E-state index contributed by atoms with van der Waals surface area (Å²) in [4.78, 5) is 34.8. The van der Waals surface area contributed by atoms with Crippen molar-refractivity contribution in [3.63, 3.8) is 0 Å². The Morgan fingerprint density at radius 2 is 2.14 bits per heavy atom. The van der Waals surface area contributed by atoms with E-state index in [0.29, 0.717) is 6.07 Å². The summed E-state index contributed by atoms with van der Waals surface area (Å²) in [6.07, 6.45) is 0.289. The highest BCUT2D eigenvalue weighted by Gasteiger charge is 2.39. The number of carbonyl (C=O) groups excluding carboxylic acids is 1. The van der Waals surface area contributed by atoms with E-state index in [1.165, 1.54) is 4.90 Å². The normalized spacial score (nSPS) is 21.3. The number of carboxylic acids is 1. The summed E-state index contributed by atoms with van der Waals surface area (Å²) in [7, 11) is 0. The monoisotopic (exact) mass is 296 g/mol. The first kappa shape index (κ1) is 14.9. The van der Waals surface area contributed by atoms with Gasteiger partial charge >= 0.3 is 5.97 Å². The van der Waals surface area contributed by atoms with E-state index in [4.69, 9.17) is 5.11 Å². The Labute approximate surface area is 119 Å². The number of nitro benzene ring substituents is 1. The fourth-order valence-corrected chi connectivity index (χ4v) is 2.55. The zero-order valence-electron chi connectivity index (χ0n) is 11.2. The molecule has 0 aromatic heterocycles. The number of benzene rings is 1. The highest BCUT2D eigenvalue weighted by molar-refractivity contribution is 5.98. The molecular weight excluding hydrogens is 283 g/mol. The molecule has 1 aromatic carbocycles. The Balaban J connectivity index is 2.33. The van der Waals surface area contributed by atoms with Crippen LogP contribution in [0.4, 0.5) is 10.1 Å². The van der Waals surface area contributed by atoms with Crippen LogP contribution in [0.1, 0.15) is 23.7 Å². The van der Waals surface area contributed by atoms with Gasteiger partial charge in [-0.05, 0) is 25.5 Å². The predicted octanol–water partition coefficient (Wildman–Crippen LogP) is 1.67. The summed E-state index contributed by atoms with van der Waals surface area (Å²) in [5, 5.41) is 20.0. The van der Waals surface area contributed by atoms with E-state index < -0.39 is 40.3 Å². The Morgan fingerprint density at radius 1 is 1.48 bits per heavy atom. The molecule has 2 rings (SSSR count). The number of hydrogen-bond donors (Lipinski definition) is 1. The van der Waals surface area contributed by atoms with Crippen LogP contribution in [0.2, 0.25) is 0 Å². The molecule has 7 nitrogen and oxygen atoms in total. The smallest absolute Gasteiger partial charge is 0.308 e. The van der Waals surface area contributed by atoms with Crippen LogP contribution in [-0.2, 0) is 4.79 Å². The second-order valence-electron chi connectivity index (χ2n) is 4.89. The summed E-state index contributed by atoms with van der Waals surface area (Å²) in [6.45, 7) is 1.78. The van der Waals surface area contributed by atoms with Gasteiger partial charge in [-0.3, -0.25) is 19.7 Å². The van der Waals surface area contributed by atoms with Crippen LogP contribution in [0.5, 0.6) is 0 Å². The van der Waals surface area contributed by atoms with Crippen molar-refractivity contribution in [2.45, 2.75) is 19.4 Å². The number of halogens is 1. The summed E-state index contributed by atoms with van der Waals surface area (Å²) in [5.74, 6) is -3.17. The average Bonchev–Trinajstić information content (AvgIpc) is 2.79. The van der Waals surface area contributed by atoms with Gasteiger partial charge < -0.3 is 10.0 Å². The van der Waals surface area contributed by atoms with Gasteiger partial charge in [0.2, 0.25) is 0 Å². The van der Waals surface area contributed by atoms with Crippen LogP contribution < -0.4 is 0 Å². The van der Waals surface area contributed by atoms with Gasteiger partial charge in [-0.1, -0.05) is 0 Å². The molecular formula is C13H13FN2O5. The Hall–Kier alpha value is -2.51.